The number of amides is 1. The molecule has 2 N–H and O–H groups in total. The molecular formula is C17H24N2O3S. The van der Waals surface area contributed by atoms with Gasteiger partial charge in [-0.3, -0.25) is 4.79 Å². The second-order valence-electron chi connectivity index (χ2n) is 5.87. The minimum Gasteiger partial charge on any atom is -0.483 e. The summed E-state index contributed by atoms with van der Waals surface area (Å²) < 4.78 is 11.1. The van der Waals surface area contributed by atoms with Crippen LogP contribution in [0.15, 0.2) is 24.3 Å². The largest absolute Gasteiger partial charge is 0.483 e. The highest BCUT2D eigenvalue weighted by Crippen LogP contribution is 2.25. The lowest BCUT2D eigenvalue weighted by atomic mass is 10.0. The second-order valence-corrected chi connectivity index (χ2v) is 6.28. The van der Waals surface area contributed by atoms with Gasteiger partial charge in [-0.25, -0.2) is 0 Å². The Morgan fingerprint density at radius 2 is 2.22 bits per heavy atom. The number of hydrogen-bond donors (Lipinski definition) is 2. The molecule has 0 spiro atoms. The van der Waals surface area contributed by atoms with E-state index in [1.807, 2.05) is 24.3 Å². The molecule has 1 atom stereocenters. The minimum atomic E-state index is -0.270. The van der Waals surface area contributed by atoms with Gasteiger partial charge in [0, 0.05) is 13.2 Å². The van der Waals surface area contributed by atoms with Gasteiger partial charge in [-0.2, -0.15) is 0 Å². The fraction of sp³-hybridized carbons (Fsp3) is 0.529. The average Bonchev–Trinajstić information content (AvgIpc) is 3.04. The Bertz CT molecular complexity index is 542. The predicted octanol–water partition coefficient (Wildman–Crippen LogP) is 2.36. The summed E-state index contributed by atoms with van der Waals surface area (Å²) in [6, 6.07) is 7.74. The number of thiocarbonyl (C=S) groups is 1. The summed E-state index contributed by atoms with van der Waals surface area (Å²) in [5.41, 5.74) is 1.08. The number of para-hydroxylation sites is 1. The number of carbonyl (C=O) groups excluding carboxylic acids is 1. The summed E-state index contributed by atoms with van der Waals surface area (Å²) in [7, 11) is 0. The summed E-state index contributed by atoms with van der Waals surface area (Å²) >= 11 is 5.11. The number of rotatable bonds is 6. The highest BCUT2D eigenvalue weighted by atomic mass is 32.1. The molecule has 6 heteroatoms. The number of nitrogens with one attached hydrogen (secondary N) is 2. The first-order chi connectivity index (χ1) is 11.1. The van der Waals surface area contributed by atoms with E-state index in [1.54, 1.807) is 0 Å². The van der Waals surface area contributed by atoms with Crippen LogP contribution < -0.4 is 15.4 Å². The molecule has 1 fully saturated rings. The van der Waals surface area contributed by atoms with Gasteiger partial charge in [-0.1, -0.05) is 32.0 Å². The minimum absolute atomic E-state index is 0.0640. The molecule has 1 aliphatic heterocycles. The molecule has 1 aromatic carbocycles. The zero-order chi connectivity index (χ0) is 16.7. The molecular weight excluding hydrogens is 312 g/mol. The third-order valence-corrected chi connectivity index (χ3v) is 3.91. The van der Waals surface area contributed by atoms with E-state index in [9.17, 15) is 4.79 Å². The van der Waals surface area contributed by atoms with Crippen molar-refractivity contribution in [3.05, 3.63) is 29.8 Å². The zero-order valence-electron chi connectivity index (χ0n) is 13.6. The van der Waals surface area contributed by atoms with Crippen LogP contribution in [-0.2, 0) is 9.53 Å². The van der Waals surface area contributed by atoms with Gasteiger partial charge in [0.2, 0.25) is 0 Å². The molecule has 5 nitrogen and oxygen atoms in total. The Hall–Kier alpha value is -1.66. The molecule has 126 valence electrons. The van der Waals surface area contributed by atoms with Crippen molar-refractivity contribution >= 4 is 23.2 Å². The molecule has 1 aliphatic rings. The van der Waals surface area contributed by atoms with Crippen LogP contribution in [0, 0.1) is 0 Å². The lowest BCUT2D eigenvalue weighted by Gasteiger charge is -2.15. The molecule has 1 amide bonds. The summed E-state index contributed by atoms with van der Waals surface area (Å²) in [6.45, 7) is 5.54. The Balaban J connectivity index is 1.73. The van der Waals surface area contributed by atoms with Crippen molar-refractivity contribution in [2.75, 3.05) is 19.8 Å². The molecule has 1 aromatic rings. The van der Waals surface area contributed by atoms with Crippen molar-refractivity contribution in [3.63, 3.8) is 0 Å². The van der Waals surface area contributed by atoms with Gasteiger partial charge in [-0.15, -0.1) is 0 Å². The van der Waals surface area contributed by atoms with Crippen LogP contribution in [0.5, 0.6) is 5.75 Å². The van der Waals surface area contributed by atoms with E-state index < -0.39 is 0 Å². The van der Waals surface area contributed by atoms with Crippen LogP contribution in [0.3, 0.4) is 0 Å². The molecule has 0 aliphatic carbocycles. The lowest BCUT2D eigenvalue weighted by Crippen LogP contribution is -2.43. The third-order valence-electron chi connectivity index (χ3n) is 3.67. The number of benzene rings is 1. The molecule has 1 heterocycles. The Kier molecular flexibility index (Phi) is 6.80. The molecule has 0 saturated carbocycles. The number of hydrogen-bond acceptors (Lipinski definition) is 4. The molecule has 1 unspecified atom stereocenters. The van der Waals surface area contributed by atoms with Gasteiger partial charge < -0.3 is 20.1 Å². The van der Waals surface area contributed by atoms with Crippen LogP contribution in [-0.4, -0.2) is 36.9 Å². The average molecular weight is 336 g/mol. The van der Waals surface area contributed by atoms with Crippen molar-refractivity contribution in [1.82, 2.24) is 10.6 Å². The highest BCUT2D eigenvalue weighted by molar-refractivity contribution is 7.80. The van der Waals surface area contributed by atoms with E-state index in [-0.39, 0.29) is 18.6 Å². The Labute approximate surface area is 142 Å². The maximum Gasteiger partial charge on any atom is 0.264 e. The molecule has 0 aromatic heterocycles. The molecule has 2 rings (SSSR count). The first-order valence-corrected chi connectivity index (χ1v) is 8.38. The van der Waals surface area contributed by atoms with Gasteiger partial charge in [0.25, 0.3) is 5.91 Å². The monoisotopic (exact) mass is 336 g/mol. The van der Waals surface area contributed by atoms with Crippen LogP contribution >= 0.6 is 12.2 Å². The summed E-state index contributed by atoms with van der Waals surface area (Å²) in [5, 5.41) is 5.94. The van der Waals surface area contributed by atoms with Crippen molar-refractivity contribution in [2.24, 2.45) is 0 Å². The van der Waals surface area contributed by atoms with Crippen LogP contribution in [0.1, 0.15) is 38.2 Å². The quantitative estimate of drug-likeness (QED) is 0.781. The summed E-state index contributed by atoms with van der Waals surface area (Å²) in [4.78, 5) is 11.9. The lowest BCUT2D eigenvalue weighted by molar-refractivity contribution is -0.121. The molecule has 23 heavy (non-hydrogen) atoms. The molecule has 0 bridgehead atoms. The van der Waals surface area contributed by atoms with Crippen molar-refractivity contribution < 1.29 is 14.3 Å². The predicted molar refractivity (Wildman–Crippen MR) is 93.7 cm³/mol. The molecule has 0 radical (unpaired) electrons. The fourth-order valence-electron chi connectivity index (χ4n) is 2.45. The topological polar surface area (TPSA) is 59.6 Å². The SMILES string of the molecule is CC(C)c1ccccc1OCC(=O)NC(=S)NCC1CCCO1. The van der Waals surface area contributed by atoms with Gasteiger partial charge >= 0.3 is 0 Å². The first kappa shape index (κ1) is 17.7. The van der Waals surface area contributed by atoms with Crippen LogP contribution in [0.4, 0.5) is 0 Å². The van der Waals surface area contributed by atoms with E-state index >= 15 is 0 Å². The van der Waals surface area contributed by atoms with Crippen molar-refractivity contribution in [1.29, 1.82) is 0 Å². The number of ether oxygens (including phenoxy) is 2. The normalized spacial score (nSPS) is 17.1. The van der Waals surface area contributed by atoms with E-state index in [4.69, 9.17) is 21.7 Å². The van der Waals surface area contributed by atoms with Gasteiger partial charge in [0.05, 0.1) is 6.10 Å². The molecule has 1 saturated heterocycles. The van der Waals surface area contributed by atoms with Crippen molar-refractivity contribution in [3.8, 4) is 5.75 Å². The summed E-state index contributed by atoms with van der Waals surface area (Å²) in [5.74, 6) is 0.799. The van der Waals surface area contributed by atoms with Gasteiger partial charge in [0.15, 0.2) is 11.7 Å². The standard InChI is InChI=1S/C17H24N2O3S/c1-12(2)14-7-3-4-8-15(14)22-11-16(20)19-17(23)18-10-13-6-5-9-21-13/h3-4,7-8,12-13H,5-6,9-11H2,1-2H3,(H2,18,19,20,23). The third kappa shape index (κ3) is 5.80. The fourth-order valence-corrected chi connectivity index (χ4v) is 2.65. The van der Waals surface area contributed by atoms with Crippen molar-refractivity contribution in [2.45, 2.75) is 38.7 Å². The Morgan fingerprint density at radius 3 is 2.91 bits per heavy atom. The number of carbonyl (C=O) groups is 1. The first-order valence-electron chi connectivity index (χ1n) is 7.97. The second kappa shape index (κ2) is 8.84. The maximum absolute atomic E-state index is 11.9. The van der Waals surface area contributed by atoms with E-state index in [1.165, 1.54) is 0 Å². The van der Waals surface area contributed by atoms with Crippen LogP contribution in [0.25, 0.3) is 0 Å². The smallest absolute Gasteiger partial charge is 0.264 e. The van der Waals surface area contributed by atoms with Gasteiger partial charge in [-0.05, 0) is 42.6 Å². The highest BCUT2D eigenvalue weighted by Gasteiger charge is 2.16. The van der Waals surface area contributed by atoms with Crippen LogP contribution in [0.2, 0.25) is 0 Å². The van der Waals surface area contributed by atoms with E-state index in [2.05, 4.69) is 24.5 Å². The van der Waals surface area contributed by atoms with E-state index in [0.29, 0.717) is 17.6 Å². The maximum atomic E-state index is 11.9. The summed E-state index contributed by atoms with van der Waals surface area (Å²) in [6.07, 6.45) is 2.28. The zero-order valence-corrected chi connectivity index (χ0v) is 14.4. The Morgan fingerprint density at radius 1 is 1.43 bits per heavy atom. The van der Waals surface area contributed by atoms with E-state index in [0.717, 1.165) is 30.8 Å². The van der Waals surface area contributed by atoms with Gasteiger partial charge in [0.1, 0.15) is 5.75 Å².